The highest BCUT2D eigenvalue weighted by Gasteiger charge is 2.21. The van der Waals surface area contributed by atoms with Crippen LogP contribution >= 0.6 is 0 Å². The average Bonchev–Trinajstić information content (AvgIpc) is 2.46. The van der Waals surface area contributed by atoms with Gasteiger partial charge < -0.3 is 25.1 Å². The van der Waals surface area contributed by atoms with Crippen LogP contribution in [0.5, 0.6) is 11.5 Å². The Balaban J connectivity index is 2.89. The van der Waals surface area contributed by atoms with E-state index in [1.54, 1.807) is 0 Å². The molecule has 4 N–H and O–H groups in total. The van der Waals surface area contributed by atoms with Crippen LogP contribution in [0.25, 0.3) is 0 Å². The minimum absolute atomic E-state index is 0.0669. The van der Waals surface area contributed by atoms with Crippen LogP contribution in [0.15, 0.2) is 17.0 Å². The van der Waals surface area contributed by atoms with Gasteiger partial charge in [0.1, 0.15) is 16.4 Å². The summed E-state index contributed by atoms with van der Waals surface area (Å²) in [5.74, 6) is 0.460. The average molecular weight is 320 g/mol. The largest absolute Gasteiger partial charge is 0.495 e. The van der Waals surface area contributed by atoms with Crippen LogP contribution in [0, 0.1) is 0 Å². The molecule has 0 aromatic heterocycles. The summed E-state index contributed by atoms with van der Waals surface area (Å²) < 4.78 is 41.8. The summed E-state index contributed by atoms with van der Waals surface area (Å²) in [6, 6.07) is 2.68. The van der Waals surface area contributed by atoms with E-state index in [1.165, 1.54) is 26.4 Å². The van der Waals surface area contributed by atoms with Gasteiger partial charge in [0.25, 0.3) is 0 Å². The SMILES string of the molecule is COc1cc(OC)c(S(=O)(=O)NCCOCCO)cc1N. The highest BCUT2D eigenvalue weighted by molar-refractivity contribution is 7.89. The zero-order chi connectivity index (χ0) is 15.9. The number of benzene rings is 1. The summed E-state index contributed by atoms with van der Waals surface area (Å²) in [6.07, 6.45) is 0. The number of nitrogens with two attached hydrogens (primary N) is 1. The van der Waals surface area contributed by atoms with Gasteiger partial charge in [-0.3, -0.25) is 0 Å². The molecule has 0 spiro atoms. The zero-order valence-corrected chi connectivity index (χ0v) is 12.8. The number of ether oxygens (including phenoxy) is 3. The molecule has 1 rings (SSSR count). The molecule has 0 fully saturated rings. The molecular formula is C12H20N2O6S. The number of hydrogen-bond acceptors (Lipinski definition) is 7. The Hall–Kier alpha value is -1.55. The first-order chi connectivity index (χ1) is 9.96. The van der Waals surface area contributed by atoms with E-state index < -0.39 is 10.0 Å². The molecule has 21 heavy (non-hydrogen) atoms. The number of aliphatic hydroxyl groups is 1. The topological polar surface area (TPSA) is 120 Å². The maximum Gasteiger partial charge on any atom is 0.244 e. The van der Waals surface area contributed by atoms with Crippen LogP contribution in [0.3, 0.4) is 0 Å². The van der Waals surface area contributed by atoms with Gasteiger partial charge in [-0.05, 0) is 6.07 Å². The molecule has 0 atom stereocenters. The zero-order valence-electron chi connectivity index (χ0n) is 12.0. The molecule has 1 aromatic rings. The van der Waals surface area contributed by atoms with Gasteiger partial charge in [0.05, 0.1) is 39.7 Å². The Morgan fingerprint density at radius 1 is 1.19 bits per heavy atom. The Kier molecular flexibility index (Phi) is 6.69. The Morgan fingerprint density at radius 2 is 1.86 bits per heavy atom. The Morgan fingerprint density at radius 3 is 2.43 bits per heavy atom. The highest BCUT2D eigenvalue weighted by Crippen LogP contribution is 2.33. The number of aliphatic hydroxyl groups excluding tert-OH is 1. The Labute approximate surface area is 123 Å². The summed E-state index contributed by atoms with van der Waals surface area (Å²) in [5.41, 5.74) is 5.91. The number of anilines is 1. The first-order valence-electron chi connectivity index (χ1n) is 6.16. The quantitative estimate of drug-likeness (QED) is 0.417. The fourth-order valence-corrected chi connectivity index (χ4v) is 2.79. The third-order valence-corrected chi connectivity index (χ3v) is 4.06. The third-order valence-electron chi connectivity index (χ3n) is 2.58. The first-order valence-corrected chi connectivity index (χ1v) is 7.64. The molecule has 0 aliphatic rings. The molecule has 9 heteroatoms. The van der Waals surface area contributed by atoms with Crippen LogP contribution in [-0.4, -0.2) is 54.1 Å². The predicted octanol–water partition coefficient (Wildman–Crippen LogP) is -0.427. The van der Waals surface area contributed by atoms with Crippen molar-refractivity contribution in [2.75, 3.05) is 46.3 Å². The molecule has 8 nitrogen and oxygen atoms in total. The molecule has 0 amide bonds. The van der Waals surface area contributed by atoms with Gasteiger partial charge in [0, 0.05) is 12.6 Å². The number of rotatable bonds is 9. The van der Waals surface area contributed by atoms with Crippen LogP contribution in [0.1, 0.15) is 0 Å². The summed E-state index contributed by atoms with van der Waals surface area (Å²) in [7, 11) is -1.01. The minimum Gasteiger partial charge on any atom is -0.495 e. The maximum atomic E-state index is 12.2. The van der Waals surface area contributed by atoms with Crippen molar-refractivity contribution in [3.8, 4) is 11.5 Å². The van der Waals surface area contributed by atoms with Crippen molar-refractivity contribution < 1.29 is 27.7 Å². The molecule has 1 aromatic carbocycles. The van der Waals surface area contributed by atoms with Crippen molar-refractivity contribution in [3.63, 3.8) is 0 Å². The molecule has 120 valence electrons. The fourth-order valence-electron chi connectivity index (χ4n) is 1.60. The minimum atomic E-state index is -3.79. The summed E-state index contributed by atoms with van der Waals surface area (Å²) in [5, 5.41) is 8.55. The van der Waals surface area contributed by atoms with E-state index in [0.717, 1.165) is 0 Å². The van der Waals surface area contributed by atoms with Gasteiger partial charge in [-0.2, -0.15) is 0 Å². The smallest absolute Gasteiger partial charge is 0.244 e. The predicted molar refractivity (Wildman–Crippen MR) is 77.1 cm³/mol. The van der Waals surface area contributed by atoms with Crippen LogP contribution in [0.2, 0.25) is 0 Å². The third kappa shape index (κ3) is 4.74. The second-order valence-electron chi connectivity index (χ2n) is 3.98. The van der Waals surface area contributed by atoms with Gasteiger partial charge in [-0.1, -0.05) is 0 Å². The van der Waals surface area contributed by atoms with Gasteiger partial charge in [0.15, 0.2) is 0 Å². The monoisotopic (exact) mass is 320 g/mol. The summed E-state index contributed by atoms with van der Waals surface area (Å²) in [4.78, 5) is -0.0783. The van der Waals surface area contributed by atoms with Crippen molar-refractivity contribution in [3.05, 3.63) is 12.1 Å². The van der Waals surface area contributed by atoms with E-state index in [0.29, 0.717) is 5.75 Å². The van der Waals surface area contributed by atoms with E-state index in [-0.39, 0.29) is 42.7 Å². The van der Waals surface area contributed by atoms with Gasteiger partial charge >= 0.3 is 0 Å². The van der Waals surface area contributed by atoms with Crippen molar-refractivity contribution in [1.82, 2.24) is 4.72 Å². The molecule has 0 heterocycles. The number of methoxy groups -OCH3 is 2. The molecule has 0 aliphatic heterocycles. The normalized spacial score (nSPS) is 11.4. The lowest BCUT2D eigenvalue weighted by Crippen LogP contribution is -2.28. The molecular weight excluding hydrogens is 300 g/mol. The van der Waals surface area contributed by atoms with Crippen LogP contribution < -0.4 is 19.9 Å². The van der Waals surface area contributed by atoms with Crippen molar-refractivity contribution >= 4 is 15.7 Å². The molecule has 0 radical (unpaired) electrons. The number of nitrogen functional groups attached to an aromatic ring is 1. The van der Waals surface area contributed by atoms with E-state index in [2.05, 4.69) is 4.72 Å². The lowest BCUT2D eigenvalue weighted by molar-refractivity contribution is 0.0961. The molecule has 0 bridgehead atoms. The molecule has 0 saturated carbocycles. The molecule has 0 unspecified atom stereocenters. The van der Waals surface area contributed by atoms with Crippen LogP contribution in [0.4, 0.5) is 5.69 Å². The van der Waals surface area contributed by atoms with Gasteiger partial charge in [-0.15, -0.1) is 0 Å². The van der Waals surface area contributed by atoms with Gasteiger partial charge in [-0.25, -0.2) is 13.1 Å². The lowest BCUT2D eigenvalue weighted by Gasteiger charge is -2.13. The second kappa shape index (κ2) is 8.03. The van der Waals surface area contributed by atoms with E-state index in [9.17, 15) is 8.42 Å². The summed E-state index contributed by atoms with van der Waals surface area (Å²) in [6.45, 7) is 0.251. The fraction of sp³-hybridized carbons (Fsp3) is 0.500. The standard InChI is InChI=1S/C12H20N2O6S/c1-18-10-8-11(19-2)12(7-9(10)13)21(16,17)14-3-5-20-6-4-15/h7-8,14-15H,3-6,13H2,1-2H3. The van der Waals surface area contributed by atoms with Crippen LogP contribution in [-0.2, 0) is 14.8 Å². The second-order valence-corrected chi connectivity index (χ2v) is 5.71. The lowest BCUT2D eigenvalue weighted by atomic mass is 10.3. The van der Waals surface area contributed by atoms with Crippen molar-refractivity contribution in [2.45, 2.75) is 4.90 Å². The van der Waals surface area contributed by atoms with Crippen molar-refractivity contribution in [1.29, 1.82) is 0 Å². The first kappa shape index (κ1) is 17.5. The Bertz CT molecular complexity index is 561. The maximum absolute atomic E-state index is 12.2. The van der Waals surface area contributed by atoms with Crippen molar-refractivity contribution in [2.24, 2.45) is 0 Å². The number of hydrogen-bond donors (Lipinski definition) is 3. The summed E-state index contributed by atoms with van der Waals surface area (Å²) >= 11 is 0. The van der Waals surface area contributed by atoms with Gasteiger partial charge in [0.2, 0.25) is 10.0 Å². The molecule has 0 aliphatic carbocycles. The van der Waals surface area contributed by atoms with E-state index in [1.807, 2.05) is 0 Å². The molecule has 0 saturated heterocycles. The van der Waals surface area contributed by atoms with E-state index in [4.69, 9.17) is 25.1 Å². The van der Waals surface area contributed by atoms with E-state index >= 15 is 0 Å². The number of nitrogens with one attached hydrogen (secondary N) is 1. The number of sulfonamides is 1. The highest BCUT2D eigenvalue weighted by atomic mass is 32.2.